The van der Waals surface area contributed by atoms with Gasteiger partial charge in [-0.05, 0) is 49.0 Å². The third-order valence-corrected chi connectivity index (χ3v) is 6.23. The van der Waals surface area contributed by atoms with Crippen LogP contribution in [0.15, 0.2) is 0 Å². The minimum Gasteiger partial charge on any atom is -0.368 e. The quantitative estimate of drug-likeness (QED) is 0.894. The number of rotatable bonds is 2. The fourth-order valence-electron chi connectivity index (χ4n) is 3.51. The summed E-state index contributed by atoms with van der Waals surface area (Å²) in [4.78, 5) is 13.6. The lowest BCUT2D eigenvalue weighted by atomic mass is 9.72. The Balaban J connectivity index is 1.82. The van der Waals surface area contributed by atoms with E-state index >= 15 is 0 Å². The van der Waals surface area contributed by atoms with Crippen molar-refractivity contribution in [1.82, 2.24) is 0 Å². The third-order valence-electron chi connectivity index (χ3n) is 5.06. The predicted molar refractivity (Wildman–Crippen MR) is 91.6 cm³/mol. The maximum Gasteiger partial charge on any atom is 0.254 e. The van der Waals surface area contributed by atoms with E-state index in [2.05, 4.69) is 32.2 Å². The van der Waals surface area contributed by atoms with Crippen LogP contribution in [0.25, 0.3) is 0 Å². The summed E-state index contributed by atoms with van der Waals surface area (Å²) in [5.41, 5.74) is 2.10. The first-order chi connectivity index (χ1) is 10.9. The van der Waals surface area contributed by atoms with Crippen LogP contribution in [0, 0.1) is 22.7 Å². The molecule has 0 saturated carbocycles. The number of nitrogens with one attached hydrogen (secondary N) is 1. The molecule has 2 aliphatic rings. The van der Waals surface area contributed by atoms with Crippen LogP contribution >= 0.6 is 11.3 Å². The van der Waals surface area contributed by atoms with Gasteiger partial charge in [-0.15, -0.1) is 11.3 Å². The summed E-state index contributed by atoms with van der Waals surface area (Å²) in [6.45, 7) is 7.49. The van der Waals surface area contributed by atoms with Crippen molar-refractivity contribution in [3.05, 3.63) is 16.0 Å². The minimum atomic E-state index is -0.358. The molecule has 0 unspecified atom stereocenters. The second-order valence-corrected chi connectivity index (χ2v) is 8.72. The predicted octanol–water partition coefficient (Wildman–Crippen LogP) is 3.89. The molecule has 1 aromatic rings. The van der Waals surface area contributed by atoms with Crippen molar-refractivity contribution in [3.8, 4) is 6.07 Å². The molecule has 1 amide bonds. The lowest BCUT2D eigenvalue weighted by molar-refractivity contribution is -0.124. The summed E-state index contributed by atoms with van der Waals surface area (Å²) in [5.74, 6) is 0.520. The number of ether oxygens (including phenoxy) is 1. The van der Waals surface area contributed by atoms with E-state index < -0.39 is 0 Å². The molecule has 2 heterocycles. The molecule has 1 fully saturated rings. The lowest BCUT2D eigenvalue weighted by Crippen LogP contribution is -2.26. The van der Waals surface area contributed by atoms with E-state index in [1.54, 1.807) is 11.3 Å². The monoisotopic (exact) mass is 332 g/mol. The largest absolute Gasteiger partial charge is 0.368 e. The van der Waals surface area contributed by atoms with Crippen molar-refractivity contribution in [2.75, 3.05) is 11.9 Å². The average Bonchev–Trinajstić information content (AvgIpc) is 3.12. The first-order valence-electron chi connectivity index (χ1n) is 8.37. The summed E-state index contributed by atoms with van der Waals surface area (Å²) in [6, 6.07) is 2.31. The zero-order valence-electron chi connectivity index (χ0n) is 14.1. The molecular formula is C18H24N2O2S. The molecule has 2 atom stereocenters. The fraction of sp³-hybridized carbons (Fsp3) is 0.667. The Bertz CT molecular complexity index is 645. The lowest BCUT2D eigenvalue weighted by Gasteiger charge is -2.33. The van der Waals surface area contributed by atoms with Gasteiger partial charge in [-0.2, -0.15) is 5.26 Å². The van der Waals surface area contributed by atoms with E-state index in [9.17, 15) is 10.1 Å². The molecule has 1 saturated heterocycles. The SMILES string of the molecule is CC(C)(C)[C@H]1CCc2c(sc(NC(=O)[C@H]3CCCO3)c2C#N)C1. The second-order valence-electron chi connectivity index (χ2n) is 7.62. The number of anilines is 1. The highest BCUT2D eigenvalue weighted by molar-refractivity contribution is 7.16. The Labute approximate surface area is 141 Å². The Morgan fingerprint density at radius 2 is 2.17 bits per heavy atom. The summed E-state index contributed by atoms with van der Waals surface area (Å²) in [6.07, 6.45) is 4.40. The molecule has 0 radical (unpaired) electrons. The Hall–Kier alpha value is -1.38. The summed E-state index contributed by atoms with van der Waals surface area (Å²) in [5, 5.41) is 13.2. The van der Waals surface area contributed by atoms with Gasteiger partial charge in [-0.25, -0.2) is 0 Å². The second kappa shape index (κ2) is 6.26. The van der Waals surface area contributed by atoms with E-state index in [4.69, 9.17) is 4.74 Å². The molecule has 0 bridgehead atoms. The van der Waals surface area contributed by atoms with Crippen LogP contribution in [-0.4, -0.2) is 18.6 Å². The molecule has 4 nitrogen and oxygen atoms in total. The number of carbonyl (C=O) groups is 1. The van der Waals surface area contributed by atoms with E-state index in [0.29, 0.717) is 23.1 Å². The molecule has 1 N–H and O–H groups in total. The zero-order valence-corrected chi connectivity index (χ0v) is 14.9. The summed E-state index contributed by atoms with van der Waals surface area (Å²) < 4.78 is 5.43. The van der Waals surface area contributed by atoms with Gasteiger partial charge < -0.3 is 10.1 Å². The van der Waals surface area contributed by atoms with Gasteiger partial charge in [0, 0.05) is 11.5 Å². The first kappa shape index (κ1) is 16.5. The van der Waals surface area contributed by atoms with Crippen molar-refractivity contribution in [2.24, 2.45) is 11.3 Å². The molecule has 23 heavy (non-hydrogen) atoms. The fourth-order valence-corrected chi connectivity index (χ4v) is 4.79. The third kappa shape index (κ3) is 3.29. The summed E-state index contributed by atoms with van der Waals surface area (Å²) >= 11 is 1.58. The van der Waals surface area contributed by atoms with Crippen molar-refractivity contribution >= 4 is 22.2 Å². The molecule has 1 aromatic heterocycles. The van der Waals surface area contributed by atoms with Crippen LogP contribution in [0.2, 0.25) is 0 Å². The number of thiophene rings is 1. The van der Waals surface area contributed by atoms with Gasteiger partial charge in [-0.3, -0.25) is 4.79 Å². The maximum absolute atomic E-state index is 12.3. The molecule has 1 aliphatic carbocycles. The van der Waals surface area contributed by atoms with Gasteiger partial charge in [0.05, 0.1) is 5.56 Å². The molecule has 1 aliphatic heterocycles. The molecule has 5 heteroatoms. The molecule has 0 aromatic carbocycles. The number of fused-ring (bicyclic) bond motifs is 1. The number of hydrogen-bond donors (Lipinski definition) is 1. The highest BCUT2D eigenvalue weighted by Gasteiger charge is 2.33. The number of nitriles is 1. The number of nitrogens with zero attached hydrogens (tertiary/aromatic N) is 1. The highest BCUT2D eigenvalue weighted by atomic mass is 32.1. The van der Waals surface area contributed by atoms with Crippen LogP contribution in [0.4, 0.5) is 5.00 Å². The Kier molecular flexibility index (Phi) is 4.48. The van der Waals surface area contributed by atoms with Gasteiger partial charge in [0.1, 0.15) is 17.2 Å². The highest BCUT2D eigenvalue weighted by Crippen LogP contribution is 2.44. The van der Waals surface area contributed by atoms with Crippen LogP contribution in [0.3, 0.4) is 0 Å². The van der Waals surface area contributed by atoms with Gasteiger partial charge in [0.2, 0.25) is 0 Å². The van der Waals surface area contributed by atoms with Gasteiger partial charge in [0.25, 0.3) is 5.91 Å². The van der Waals surface area contributed by atoms with Crippen LogP contribution in [0.5, 0.6) is 0 Å². The number of amides is 1. The Morgan fingerprint density at radius 1 is 1.39 bits per heavy atom. The Morgan fingerprint density at radius 3 is 2.78 bits per heavy atom. The molecule has 3 rings (SSSR count). The van der Waals surface area contributed by atoms with Crippen molar-refractivity contribution in [3.63, 3.8) is 0 Å². The van der Waals surface area contributed by atoms with Gasteiger partial charge in [-0.1, -0.05) is 20.8 Å². The first-order valence-corrected chi connectivity index (χ1v) is 9.19. The van der Waals surface area contributed by atoms with Crippen LogP contribution < -0.4 is 5.32 Å². The van der Waals surface area contributed by atoms with Crippen LogP contribution in [0.1, 0.15) is 56.0 Å². The molecular weight excluding hydrogens is 308 g/mol. The van der Waals surface area contributed by atoms with E-state index in [-0.39, 0.29) is 17.4 Å². The van der Waals surface area contributed by atoms with Crippen molar-refractivity contribution in [1.29, 1.82) is 5.26 Å². The molecule has 0 spiro atoms. The number of carbonyl (C=O) groups excluding carboxylic acids is 1. The van der Waals surface area contributed by atoms with E-state index in [0.717, 1.165) is 37.7 Å². The van der Waals surface area contributed by atoms with Crippen molar-refractivity contribution in [2.45, 2.75) is 59.0 Å². The van der Waals surface area contributed by atoms with Crippen molar-refractivity contribution < 1.29 is 9.53 Å². The number of hydrogen-bond acceptors (Lipinski definition) is 4. The smallest absolute Gasteiger partial charge is 0.254 e. The van der Waals surface area contributed by atoms with E-state index in [1.165, 1.54) is 4.88 Å². The normalized spacial score (nSPS) is 24.1. The topological polar surface area (TPSA) is 62.1 Å². The average molecular weight is 332 g/mol. The zero-order chi connectivity index (χ0) is 16.6. The van der Waals surface area contributed by atoms with Gasteiger partial charge >= 0.3 is 0 Å². The minimum absolute atomic E-state index is 0.107. The maximum atomic E-state index is 12.3. The van der Waals surface area contributed by atoms with Crippen LogP contribution in [-0.2, 0) is 22.4 Å². The summed E-state index contributed by atoms with van der Waals surface area (Å²) in [7, 11) is 0. The standard InChI is InChI=1S/C18H24N2O2S/c1-18(2,3)11-6-7-12-13(10-19)17(23-15(12)9-11)20-16(21)14-5-4-8-22-14/h11,14H,4-9H2,1-3H3,(H,20,21)/t11-,14+/m0/s1. The molecule has 124 valence electrons. The van der Waals surface area contributed by atoms with Gasteiger partial charge in [0.15, 0.2) is 0 Å². The van der Waals surface area contributed by atoms with E-state index in [1.807, 2.05) is 0 Å².